The molecule has 1 N–H and O–H groups in total. The summed E-state index contributed by atoms with van der Waals surface area (Å²) in [4.78, 5) is 0. The SMILES string of the molecule is COc1ccc(CCNC2CC3(CCCC3)Oc3ccccc32)cc1. The molecule has 1 aliphatic carbocycles. The van der Waals surface area contributed by atoms with Crippen LogP contribution in [0.25, 0.3) is 0 Å². The van der Waals surface area contributed by atoms with Crippen molar-refractivity contribution in [1.29, 1.82) is 0 Å². The normalized spacial score (nSPS) is 20.9. The van der Waals surface area contributed by atoms with Crippen molar-refractivity contribution in [2.45, 2.75) is 50.2 Å². The van der Waals surface area contributed by atoms with Crippen molar-refractivity contribution >= 4 is 0 Å². The first kappa shape index (κ1) is 16.5. The Labute approximate surface area is 150 Å². The Morgan fingerprint density at radius 3 is 2.60 bits per heavy atom. The average Bonchev–Trinajstić information content (AvgIpc) is 3.09. The number of hydrogen-bond acceptors (Lipinski definition) is 3. The first-order chi connectivity index (χ1) is 12.3. The molecule has 3 nitrogen and oxygen atoms in total. The molecule has 1 fully saturated rings. The molecule has 1 saturated carbocycles. The third kappa shape index (κ3) is 3.52. The number of ether oxygens (including phenoxy) is 2. The summed E-state index contributed by atoms with van der Waals surface area (Å²) in [7, 11) is 1.71. The van der Waals surface area contributed by atoms with E-state index in [4.69, 9.17) is 9.47 Å². The molecule has 1 unspecified atom stereocenters. The van der Waals surface area contributed by atoms with Crippen molar-refractivity contribution in [3.63, 3.8) is 0 Å². The number of methoxy groups -OCH3 is 1. The molecule has 132 valence electrons. The largest absolute Gasteiger partial charge is 0.497 e. The molecule has 25 heavy (non-hydrogen) atoms. The third-order valence-electron chi connectivity index (χ3n) is 5.68. The van der Waals surface area contributed by atoms with E-state index in [0.717, 1.165) is 30.9 Å². The smallest absolute Gasteiger partial charge is 0.124 e. The van der Waals surface area contributed by atoms with Crippen LogP contribution in [0.4, 0.5) is 0 Å². The lowest BCUT2D eigenvalue weighted by Gasteiger charge is -2.40. The Morgan fingerprint density at radius 1 is 1.08 bits per heavy atom. The predicted octanol–water partition coefficient (Wildman–Crippen LogP) is 4.66. The van der Waals surface area contributed by atoms with Gasteiger partial charge in [-0.1, -0.05) is 30.3 Å². The van der Waals surface area contributed by atoms with Crippen molar-refractivity contribution in [1.82, 2.24) is 5.32 Å². The summed E-state index contributed by atoms with van der Waals surface area (Å²) in [5, 5.41) is 3.79. The highest BCUT2D eigenvalue weighted by atomic mass is 16.5. The van der Waals surface area contributed by atoms with Gasteiger partial charge >= 0.3 is 0 Å². The molecule has 1 spiro atoms. The molecule has 0 saturated heterocycles. The summed E-state index contributed by atoms with van der Waals surface area (Å²) in [6.45, 7) is 0.974. The van der Waals surface area contributed by atoms with Gasteiger partial charge in [-0.05, 0) is 62.4 Å². The van der Waals surface area contributed by atoms with E-state index < -0.39 is 0 Å². The molecule has 1 heterocycles. The molecule has 0 amide bonds. The first-order valence-electron chi connectivity index (χ1n) is 9.42. The number of nitrogens with one attached hydrogen (secondary N) is 1. The Morgan fingerprint density at radius 2 is 1.84 bits per heavy atom. The molecule has 0 aromatic heterocycles. The third-order valence-corrected chi connectivity index (χ3v) is 5.68. The zero-order valence-electron chi connectivity index (χ0n) is 15.0. The van der Waals surface area contributed by atoms with Crippen LogP contribution in [-0.4, -0.2) is 19.3 Å². The summed E-state index contributed by atoms with van der Waals surface area (Å²) in [5.41, 5.74) is 2.71. The van der Waals surface area contributed by atoms with Crippen molar-refractivity contribution in [3.05, 3.63) is 59.7 Å². The van der Waals surface area contributed by atoms with Crippen molar-refractivity contribution in [3.8, 4) is 11.5 Å². The monoisotopic (exact) mass is 337 g/mol. The van der Waals surface area contributed by atoms with Gasteiger partial charge in [-0.3, -0.25) is 0 Å². The van der Waals surface area contributed by atoms with E-state index in [1.807, 2.05) is 12.1 Å². The standard InChI is InChI=1S/C22H27NO2/c1-24-18-10-8-17(9-11-18)12-15-23-20-16-22(13-4-5-14-22)25-21-7-3-2-6-19(20)21/h2-3,6-11,20,23H,4-5,12-16H2,1H3. The van der Waals surface area contributed by atoms with Gasteiger partial charge in [-0.15, -0.1) is 0 Å². The van der Waals surface area contributed by atoms with Crippen LogP contribution in [0.5, 0.6) is 11.5 Å². The number of rotatable bonds is 5. The lowest BCUT2D eigenvalue weighted by atomic mass is 9.86. The maximum Gasteiger partial charge on any atom is 0.124 e. The highest BCUT2D eigenvalue weighted by Gasteiger charge is 2.42. The Balaban J connectivity index is 1.43. The second-order valence-electron chi connectivity index (χ2n) is 7.34. The second-order valence-corrected chi connectivity index (χ2v) is 7.34. The van der Waals surface area contributed by atoms with E-state index in [9.17, 15) is 0 Å². The van der Waals surface area contributed by atoms with E-state index in [-0.39, 0.29) is 5.60 Å². The molecular weight excluding hydrogens is 310 g/mol. The number of benzene rings is 2. The van der Waals surface area contributed by atoms with Crippen molar-refractivity contribution in [2.75, 3.05) is 13.7 Å². The van der Waals surface area contributed by atoms with E-state index in [0.29, 0.717) is 6.04 Å². The van der Waals surface area contributed by atoms with Gasteiger partial charge in [-0.25, -0.2) is 0 Å². The highest BCUT2D eigenvalue weighted by molar-refractivity contribution is 5.39. The maximum absolute atomic E-state index is 6.45. The summed E-state index contributed by atoms with van der Waals surface area (Å²) >= 11 is 0. The van der Waals surface area contributed by atoms with Gasteiger partial charge in [0.05, 0.1) is 7.11 Å². The van der Waals surface area contributed by atoms with Gasteiger partial charge < -0.3 is 14.8 Å². The topological polar surface area (TPSA) is 30.5 Å². The molecule has 2 aliphatic rings. The average molecular weight is 337 g/mol. The fourth-order valence-corrected chi connectivity index (χ4v) is 4.31. The first-order valence-corrected chi connectivity index (χ1v) is 9.42. The zero-order chi connectivity index (χ0) is 17.1. The Kier molecular flexibility index (Phi) is 4.67. The van der Waals surface area contributed by atoms with Crippen LogP contribution in [0.2, 0.25) is 0 Å². The van der Waals surface area contributed by atoms with E-state index in [1.54, 1.807) is 7.11 Å². The summed E-state index contributed by atoms with van der Waals surface area (Å²) in [5.74, 6) is 2.00. The van der Waals surface area contributed by atoms with Crippen molar-refractivity contribution < 1.29 is 9.47 Å². The van der Waals surface area contributed by atoms with Crippen LogP contribution in [0.3, 0.4) is 0 Å². The number of hydrogen-bond donors (Lipinski definition) is 1. The highest BCUT2D eigenvalue weighted by Crippen LogP contribution is 2.46. The van der Waals surface area contributed by atoms with E-state index in [1.165, 1.54) is 36.8 Å². The molecule has 0 bridgehead atoms. The zero-order valence-corrected chi connectivity index (χ0v) is 15.0. The van der Waals surface area contributed by atoms with Crippen LogP contribution >= 0.6 is 0 Å². The van der Waals surface area contributed by atoms with E-state index >= 15 is 0 Å². The number of para-hydroxylation sites is 1. The summed E-state index contributed by atoms with van der Waals surface area (Å²) in [6, 6.07) is 17.3. The summed E-state index contributed by atoms with van der Waals surface area (Å²) in [6.07, 6.45) is 7.08. The van der Waals surface area contributed by atoms with Gasteiger partial charge in [0.2, 0.25) is 0 Å². The second kappa shape index (κ2) is 7.09. The Hall–Kier alpha value is -2.00. The van der Waals surface area contributed by atoms with Gasteiger partial charge in [-0.2, -0.15) is 0 Å². The molecule has 4 rings (SSSR count). The minimum absolute atomic E-state index is 0.0616. The van der Waals surface area contributed by atoms with Gasteiger partial charge in [0.1, 0.15) is 17.1 Å². The quantitative estimate of drug-likeness (QED) is 0.860. The van der Waals surface area contributed by atoms with Crippen LogP contribution in [0, 0.1) is 0 Å². The fourth-order valence-electron chi connectivity index (χ4n) is 4.31. The number of fused-ring (bicyclic) bond motifs is 1. The van der Waals surface area contributed by atoms with Gasteiger partial charge in [0, 0.05) is 18.0 Å². The molecule has 1 atom stereocenters. The Bertz CT molecular complexity index is 704. The molecule has 2 aromatic rings. The van der Waals surface area contributed by atoms with Crippen molar-refractivity contribution in [2.24, 2.45) is 0 Å². The molecule has 0 radical (unpaired) electrons. The summed E-state index contributed by atoms with van der Waals surface area (Å²) < 4.78 is 11.7. The van der Waals surface area contributed by atoms with E-state index in [2.05, 4.69) is 41.7 Å². The van der Waals surface area contributed by atoms with Gasteiger partial charge in [0.15, 0.2) is 0 Å². The lowest BCUT2D eigenvalue weighted by Crippen LogP contribution is -2.42. The minimum atomic E-state index is 0.0616. The van der Waals surface area contributed by atoms with Crippen LogP contribution in [-0.2, 0) is 6.42 Å². The molecule has 3 heteroatoms. The molecule has 1 aliphatic heterocycles. The molecular formula is C22H27NO2. The van der Waals surface area contributed by atoms with Crippen LogP contribution < -0.4 is 14.8 Å². The molecule has 2 aromatic carbocycles. The lowest BCUT2D eigenvalue weighted by molar-refractivity contribution is 0.0369. The fraction of sp³-hybridized carbons (Fsp3) is 0.455. The maximum atomic E-state index is 6.45. The van der Waals surface area contributed by atoms with Gasteiger partial charge in [0.25, 0.3) is 0 Å². The minimum Gasteiger partial charge on any atom is -0.497 e. The van der Waals surface area contributed by atoms with Crippen LogP contribution in [0.15, 0.2) is 48.5 Å². The predicted molar refractivity (Wildman–Crippen MR) is 100 cm³/mol. The van der Waals surface area contributed by atoms with Crippen LogP contribution in [0.1, 0.15) is 49.3 Å².